The van der Waals surface area contributed by atoms with Gasteiger partial charge in [0, 0.05) is 85.4 Å². The number of pyridine rings is 4. The number of aromatic nitrogens is 4. The van der Waals surface area contributed by atoms with Crippen molar-refractivity contribution in [1.29, 1.82) is 0 Å². The van der Waals surface area contributed by atoms with E-state index in [1.54, 1.807) is 26.4 Å². The van der Waals surface area contributed by atoms with Gasteiger partial charge in [0.1, 0.15) is 11.6 Å². The van der Waals surface area contributed by atoms with Crippen LogP contribution in [0.1, 0.15) is 47.6 Å². The number of amides is 2. The molecule has 10 rings (SSSR count). The SMILES string of the molecule is COc1ccc2cccc([C@@H](O)CN3CC[C@@H](NCc4ccc5c(n4)NC(=O)CS5)[C@H](O)C3)c2n1.COc1ccc2cccc([C@@H](O)CN3CC[C@H](NCc4ccc5c(n4)NC(=O)CS5)[C@@H](O)C3)c2n1. The van der Waals surface area contributed by atoms with Gasteiger partial charge in [-0.2, -0.15) is 0 Å². The molecule has 4 aliphatic heterocycles. The van der Waals surface area contributed by atoms with Crippen LogP contribution in [0.15, 0.2) is 94.7 Å². The fourth-order valence-electron chi connectivity index (χ4n) is 9.23. The number of hydrogen-bond donors (Lipinski definition) is 8. The Labute approximate surface area is 414 Å². The normalized spacial score (nSPS) is 21.4. The molecule has 8 N–H and O–H groups in total. The molecule has 2 saturated heterocycles. The molecular formula is C50H58N10O8S2. The van der Waals surface area contributed by atoms with Gasteiger partial charge in [-0.05, 0) is 62.3 Å². The van der Waals surface area contributed by atoms with E-state index in [0.717, 1.165) is 80.0 Å². The van der Waals surface area contributed by atoms with Crippen molar-refractivity contribution in [1.82, 2.24) is 40.4 Å². The number of hydrogen-bond acceptors (Lipinski definition) is 18. The van der Waals surface area contributed by atoms with E-state index in [0.29, 0.717) is 74.2 Å². The molecule has 6 aromatic rings. The van der Waals surface area contributed by atoms with Crippen LogP contribution in [0.2, 0.25) is 0 Å². The number of anilines is 2. The highest BCUT2D eigenvalue weighted by molar-refractivity contribution is 8.00. The molecule has 20 heteroatoms. The number of fused-ring (bicyclic) bond motifs is 4. The second-order valence-corrected chi connectivity index (χ2v) is 19.8. The molecule has 4 aliphatic rings. The van der Waals surface area contributed by atoms with E-state index in [2.05, 4.69) is 51.0 Å². The number of aliphatic hydroxyl groups excluding tert-OH is 4. The van der Waals surface area contributed by atoms with E-state index in [-0.39, 0.29) is 23.9 Å². The van der Waals surface area contributed by atoms with Crippen molar-refractivity contribution in [3.05, 3.63) is 107 Å². The molecule has 2 fully saturated rings. The number of ether oxygens (including phenoxy) is 2. The lowest BCUT2D eigenvalue weighted by molar-refractivity contribution is -0.114. The summed E-state index contributed by atoms with van der Waals surface area (Å²) in [5.74, 6) is 2.98. The molecule has 0 spiro atoms. The number of benzene rings is 2. The van der Waals surface area contributed by atoms with Crippen LogP contribution in [-0.4, -0.2) is 151 Å². The summed E-state index contributed by atoms with van der Waals surface area (Å²) < 4.78 is 10.5. The van der Waals surface area contributed by atoms with Crippen LogP contribution in [-0.2, 0) is 22.7 Å². The Kier molecular flexibility index (Phi) is 16.0. The number of rotatable bonds is 14. The summed E-state index contributed by atoms with van der Waals surface area (Å²) in [4.78, 5) is 47.5. The van der Waals surface area contributed by atoms with Crippen LogP contribution >= 0.6 is 23.5 Å². The Morgan fingerprint density at radius 2 is 1.07 bits per heavy atom. The van der Waals surface area contributed by atoms with Crippen molar-refractivity contribution in [2.75, 3.05) is 75.6 Å². The van der Waals surface area contributed by atoms with E-state index in [9.17, 15) is 30.0 Å². The highest BCUT2D eigenvalue weighted by Crippen LogP contribution is 2.32. The molecule has 0 unspecified atom stereocenters. The number of methoxy groups -OCH3 is 2. The van der Waals surface area contributed by atoms with E-state index >= 15 is 0 Å². The predicted octanol–water partition coefficient (Wildman–Crippen LogP) is 3.88. The molecule has 70 heavy (non-hydrogen) atoms. The van der Waals surface area contributed by atoms with E-state index < -0.39 is 24.4 Å². The lowest BCUT2D eigenvalue weighted by atomic mass is 9.99. The lowest BCUT2D eigenvalue weighted by Gasteiger charge is -2.37. The summed E-state index contributed by atoms with van der Waals surface area (Å²) in [5.41, 5.74) is 4.58. The Morgan fingerprint density at radius 3 is 1.49 bits per heavy atom. The van der Waals surface area contributed by atoms with Gasteiger partial charge in [-0.25, -0.2) is 19.9 Å². The molecule has 2 amide bonds. The largest absolute Gasteiger partial charge is 0.481 e. The molecular weight excluding hydrogens is 933 g/mol. The number of likely N-dealkylation sites (tertiary alicyclic amines) is 2. The van der Waals surface area contributed by atoms with Crippen LogP contribution in [0, 0.1) is 0 Å². The number of β-amino-alcohol motifs (C(OH)–C–C–N with tert-alkyl or cyclic N) is 4. The minimum absolute atomic E-state index is 0.0384. The standard InChI is InChI=1S/2C25H29N5O4S/c2*1-34-23-8-5-15-3-2-4-17(24(15)29-23)19(31)12-30-10-9-18(20(32)13-30)26-11-16-6-7-21-25(27-16)28-22(33)14-35-21/h2*2-8,18-20,26,31-32H,9-14H2,1H3,(H,27,28,33)/t18-,19+,20-;18-,19-,20-/m10/s1. The van der Waals surface area contributed by atoms with Crippen molar-refractivity contribution in [2.24, 2.45) is 0 Å². The first-order chi connectivity index (χ1) is 34.0. The number of nitrogens with zero attached hydrogens (tertiary/aromatic N) is 6. The molecule has 4 aromatic heterocycles. The average molecular weight is 991 g/mol. The Morgan fingerprint density at radius 1 is 0.629 bits per heavy atom. The van der Waals surface area contributed by atoms with Crippen LogP contribution in [0.3, 0.4) is 0 Å². The second kappa shape index (κ2) is 22.7. The van der Waals surface area contributed by atoms with Gasteiger partial charge < -0.3 is 51.2 Å². The van der Waals surface area contributed by atoms with Gasteiger partial charge in [0.2, 0.25) is 23.6 Å². The van der Waals surface area contributed by atoms with E-state index in [1.807, 2.05) is 72.8 Å². The highest BCUT2D eigenvalue weighted by Gasteiger charge is 2.31. The van der Waals surface area contributed by atoms with Gasteiger partial charge in [-0.3, -0.25) is 19.4 Å². The minimum Gasteiger partial charge on any atom is -0.481 e. The van der Waals surface area contributed by atoms with Gasteiger partial charge in [0.05, 0.1) is 82.4 Å². The van der Waals surface area contributed by atoms with Crippen molar-refractivity contribution < 1.29 is 39.5 Å². The van der Waals surface area contributed by atoms with E-state index in [1.165, 1.54) is 23.5 Å². The van der Waals surface area contributed by atoms with Crippen LogP contribution in [0.25, 0.3) is 21.8 Å². The number of para-hydroxylation sites is 2. The van der Waals surface area contributed by atoms with Crippen molar-refractivity contribution in [3.8, 4) is 11.8 Å². The second-order valence-electron chi connectivity index (χ2n) is 17.8. The van der Waals surface area contributed by atoms with Gasteiger partial charge in [-0.15, -0.1) is 23.5 Å². The Hall–Kier alpha value is -5.52. The first kappa shape index (κ1) is 49.5. The van der Waals surface area contributed by atoms with Gasteiger partial charge in [0.25, 0.3) is 0 Å². The highest BCUT2D eigenvalue weighted by atomic mass is 32.2. The number of nitrogens with one attached hydrogen (secondary N) is 4. The van der Waals surface area contributed by atoms with Crippen molar-refractivity contribution >= 4 is 68.8 Å². The topological polar surface area (TPSA) is 240 Å². The maximum absolute atomic E-state index is 11.6. The third-order valence-electron chi connectivity index (χ3n) is 12.9. The molecule has 0 saturated carbocycles. The fraction of sp³-hybridized carbons (Fsp3) is 0.400. The van der Waals surface area contributed by atoms with E-state index in [4.69, 9.17) is 9.47 Å². The molecule has 0 aliphatic carbocycles. The molecule has 0 bridgehead atoms. The van der Waals surface area contributed by atoms with Crippen molar-refractivity contribution in [3.63, 3.8) is 0 Å². The summed E-state index contributed by atoms with van der Waals surface area (Å²) >= 11 is 2.97. The zero-order valence-electron chi connectivity index (χ0n) is 39.0. The first-order valence-corrected chi connectivity index (χ1v) is 25.3. The average Bonchev–Trinajstić information content (AvgIpc) is 3.37. The molecule has 0 radical (unpaired) electrons. The molecule has 18 nitrogen and oxygen atoms in total. The summed E-state index contributed by atoms with van der Waals surface area (Å²) in [6.07, 6.45) is -1.13. The first-order valence-electron chi connectivity index (χ1n) is 23.4. The molecule has 6 atom stereocenters. The number of piperidine rings is 2. The quantitative estimate of drug-likeness (QED) is 0.0773. The van der Waals surface area contributed by atoms with Crippen LogP contribution < -0.4 is 30.7 Å². The summed E-state index contributed by atoms with van der Waals surface area (Å²) in [5, 5.41) is 57.9. The third kappa shape index (κ3) is 12.0. The Bertz CT molecular complexity index is 2640. The van der Waals surface area contributed by atoms with Gasteiger partial charge >= 0.3 is 0 Å². The molecule has 2 aromatic carbocycles. The zero-order valence-corrected chi connectivity index (χ0v) is 40.6. The Balaban J connectivity index is 0.000000174. The summed E-state index contributed by atoms with van der Waals surface area (Å²) in [6.45, 7) is 4.23. The minimum atomic E-state index is -0.734. The summed E-state index contributed by atoms with van der Waals surface area (Å²) in [7, 11) is 3.15. The zero-order chi connectivity index (χ0) is 48.7. The van der Waals surface area contributed by atoms with Gasteiger partial charge in [0.15, 0.2) is 0 Å². The number of carbonyl (C=O) groups is 2. The third-order valence-corrected chi connectivity index (χ3v) is 15.0. The number of thioether (sulfide) groups is 2. The van der Waals surface area contributed by atoms with Crippen LogP contribution in [0.5, 0.6) is 11.8 Å². The fourth-order valence-corrected chi connectivity index (χ4v) is 10.7. The molecule has 8 heterocycles. The smallest absolute Gasteiger partial charge is 0.235 e. The predicted molar refractivity (Wildman–Crippen MR) is 269 cm³/mol. The monoisotopic (exact) mass is 990 g/mol. The lowest BCUT2D eigenvalue weighted by Crippen LogP contribution is -2.53. The molecule has 368 valence electrons. The maximum Gasteiger partial charge on any atom is 0.235 e. The van der Waals surface area contributed by atoms with Gasteiger partial charge in [-0.1, -0.05) is 36.4 Å². The number of aliphatic hydroxyl groups is 4. The number of carbonyl (C=O) groups excluding carboxylic acids is 2. The van der Waals surface area contributed by atoms with Crippen LogP contribution in [0.4, 0.5) is 11.6 Å². The van der Waals surface area contributed by atoms with Crippen molar-refractivity contribution in [2.45, 2.75) is 72.2 Å². The summed E-state index contributed by atoms with van der Waals surface area (Å²) in [6, 6.07) is 26.7. The maximum atomic E-state index is 11.6.